The first-order chi connectivity index (χ1) is 8.90. The largest absolute Gasteiger partial charge is 0.481 e. The number of amides is 1. The Hall–Kier alpha value is -1.84. The van der Waals surface area contributed by atoms with Crippen molar-refractivity contribution in [2.75, 3.05) is 5.32 Å². The quantitative estimate of drug-likeness (QED) is 0.875. The van der Waals surface area contributed by atoms with E-state index in [9.17, 15) is 9.59 Å². The van der Waals surface area contributed by atoms with E-state index in [2.05, 4.69) is 19.2 Å². The van der Waals surface area contributed by atoms with Crippen molar-refractivity contribution >= 4 is 17.6 Å². The van der Waals surface area contributed by atoms with E-state index in [1.165, 1.54) is 5.56 Å². The van der Waals surface area contributed by atoms with Gasteiger partial charge in [-0.25, -0.2) is 0 Å². The zero-order chi connectivity index (χ0) is 14.2. The van der Waals surface area contributed by atoms with E-state index in [1.807, 2.05) is 25.1 Å². The second-order valence-electron chi connectivity index (χ2n) is 5.50. The molecule has 2 atom stereocenters. The molecule has 1 amide bonds. The summed E-state index contributed by atoms with van der Waals surface area (Å²) < 4.78 is 0. The van der Waals surface area contributed by atoms with Crippen molar-refractivity contribution in [3.63, 3.8) is 0 Å². The average Bonchev–Trinajstić information content (AvgIpc) is 3.08. The average molecular weight is 261 g/mol. The van der Waals surface area contributed by atoms with Gasteiger partial charge in [0.25, 0.3) is 0 Å². The molecule has 4 nitrogen and oxygen atoms in total. The summed E-state index contributed by atoms with van der Waals surface area (Å²) in [5.41, 5.74) is 3.13. The molecule has 0 aromatic heterocycles. The first-order valence-electron chi connectivity index (χ1n) is 6.54. The van der Waals surface area contributed by atoms with Crippen molar-refractivity contribution in [2.24, 2.45) is 11.8 Å². The number of anilines is 1. The molecule has 1 aromatic carbocycles. The molecule has 0 unspecified atom stereocenters. The van der Waals surface area contributed by atoms with Gasteiger partial charge in [0, 0.05) is 5.69 Å². The molecule has 1 fully saturated rings. The van der Waals surface area contributed by atoms with Crippen LogP contribution >= 0.6 is 0 Å². The first kappa shape index (κ1) is 13.6. The number of carboxylic acid groups (broad SMARTS) is 1. The van der Waals surface area contributed by atoms with Crippen molar-refractivity contribution < 1.29 is 14.7 Å². The van der Waals surface area contributed by atoms with Gasteiger partial charge in [-0.15, -0.1) is 0 Å². The number of nitrogens with one attached hydrogen (secondary N) is 1. The summed E-state index contributed by atoms with van der Waals surface area (Å²) in [5, 5.41) is 11.6. The summed E-state index contributed by atoms with van der Waals surface area (Å²) in [6.45, 7) is 6.27. The molecular weight excluding hydrogens is 242 g/mol. The molecule has 1 aromatic rings. The number of hydrogen-bond donors (Lipinski definition) is 2. The van der Waals surface area contributed by atoms with Gasteiger partial charge in [0.05, 0.1) is 11.8 Å². The summed E-state index contributed by atoms with van der Waals surface area (Å²) in [5.74, 6) is -1.50. The van der Waals surface area contributed by atoms with Crippen LogP contribution < -0.4 is 5.32 Å². The Labute approximate surface area is 112 Å². The highest BCUT2D eigenvalue weighted by Crippen LogP contribution is 2.39. The summed E-state index contributed by atoms with van der Waals surface area (Å²) in [6, 6.07) is 5.82. The molecule has 1 aliphatic rings. The Morgan fingerprint density at radius 2 is 2.00 bits per heavy atom. The van der Waals surface area contributed by atoms with E-state index in [0.717, 1.165) is 11.3 Å². The van der Waals surface area contributed by atoms with Gasteiger partial charge in [0.15, 0.2) is 0 Å². The number of carboxylic acids is 1. The summed E-state index contributed by atoms with van der Waals surface area (Å²) >= 11 is 0. The molecule has 0 saturated heterocycles. The van der Waals surface area contributed by atoms with Crippen LogP contribution in [-0.4, -0.2) is 17.0 Å². The van der Waals surface area contributed by atoms with Crippen molar-refractivity contribution in [1.82, 2.24) is 0 Å². The Balaban J connectivity index is 2.02. The number of carbonyl (C=O) groups is 2. The Bertz CT molecular complexity index is 522. The zero-order valence-corrected chi connectivity index (χ0v) is 11.4. The van der Waals surface area contributed by atoms with Crippen LogP contribution in [0.15, 0.2) is 18.2 Å². The van der Waals surface area contributed by atoms with E-state index in [-0.39, 0.29) is 11.8 Å². The number of hydrogen-bond acceptors (Lipinski definition) is 2. The van der Waals surface area contributed by atoms with Crippen LogP contribution in [-0.2, 0) is 9.59 Å². The summed E-state index contributed by atoms with van der Waals surface area (Å²) in [4.78, 5) is 22.6. The lowest BCUT2D eigenvalue weighted by atomic mass is 9.97. The predicted molar refractivity (Wildman–Crippen MR) is 73.1 cm³/mol. The van der Waals surface area contributed by atoms with E-state index in [0.29, 0.717) is 12.3 Å². The standard InChI is InChI=1S/C15H19NO3/c1-8(2)11-5-4-10(6-9(11)3)16-14(17)12-7-13(12)15(18)19/h4-6,8,12-13H,7H2,1-3H3,(H,16,17)(H,18,19)/t12-,13-/m0/s1. The fraction of sp³-hybridized carbons (Fsp3) is 0.467. The maximum atomic E-state index is 11.8. The van der Waals surface area contributed by atoms with Gasteiger partial charge in [-0.1, -0.05) is 19.9 Å². The van der Waals surface area contributed by atoms with Crippen molar-refractivity contribution in [3.8, 4) is 0 Å². The monoisotopic (exact) mass is 261 g/mol. The van der Waals surface area contributed by atoms with Crippen LogP contribution in [0.4, 0.5) is 5.69 Å². The highest BCUT2D eigenvalue weighted by Gasteiger charge is 2.48. The van der Waals surface area contributed by atoms with Gasteiger partial charge < -0.3 is 10.4 Å². The van der Waals surface area contributed by atoms with Gasteiger partial charge in [0.1, 0.15) is 0 Å². The van der Waals surface area contributed by atoms with E-state index in [1.54, 1.807) is 0 Å². The minimum Gasteiger partial charge on any atom is -0.481 e. The molecule has 4 heteroatoms. The predicted octanol–water partition coefficient (Wildman–Crippen LogP) is 2.78. The molecule has 19 heavy (non-hydrogen) atoms. The van der Waals surface area contributed by atoms with Gasteiger partial charge in [-0.3, -0.25) is 9.59 Å². The smallest absolute Gasteiger partial charge is 0.307 e. The maximum absolute atomic E-state index is 11.8. The third-order valence-electron chi connectivity index (χ3n) is 3.60. The van der Waals surface area contributed by atoms with Gasteiger partial charge in [-0.05, 0) is 42.5 Å². The minimum absolute atomic E-state index is 0.191. The molecule has 0 spiro atoms. The highest BCUT2D eigenvalue weighted by atomic mass is 16.4. The van der Waals surface area contributed by atoms with Crippen LogP contribution in [0.1, 0.15) is 37.3 Å². The lowest BCUT2D eigenvalue weighted by molar-refractivity contribution is -0.139. The Morgan fingerprint density at radius 3 is 2.47 bits per heavy atom. The molecule has 102 valence electrons. The number of aryl methyl sites for hydroxylation is 1. The van der Waals surface area contributed by atoms with Crippen LogP contribution in [0.3, 0.4) is 0 Å². The van der Waals surface area contributed by atoms with E-state index < -0.39 is 11.9 Å². The van der Waals surface area contributed by atoms with Gasteiger partial charge in [0.2, 0.25) is 5.91 Å². The fourth-order valence-electron chi connectivity index (χ4n) is 2.39. The zero-order valence-electron chi connectivity index (χ0n) is 11.4. The number of rotatable bonds is 4. The topological polar surface area (TPSA) is 66.4 Å². The van der Waals surface area contributed by atoms with Crippen LogP contribution in [0.25, 0.3) is 0 Å². The van der Waals surface area contributed by atoms with Crippen molar-refractivity contribution in [1.29, 1.82) is 0 Å². The molecular formula is C15H19NO3. The third-order valence-corrected chi connectivity index (χ3v) is 3.60. The van der Waals surface area contributed by atoms with Gasteiger partial charge in [-0.2, -0.15) is 0 Å². The van der Waals surface area contributed by atoms with E-state index >= 15 is 0 Å². The van der Waals surface area contributed by atoms with E-state index in [4.69, 9.17) is 5.11 Å². The molecule has 0 bridgehead atoms. The molecule has 0 radical (unpaired) electrons. The molecule has 1 aliphatic carbocycles. The van der Waals surface area contributed by atoms with Crippen LogP contribution in [0.2, 0.25) is 0 Å². The molecule has 2 rings (SSSR count). The number of carbonyl (C=O) groups excluding carboxylic acids is 1. The number of benzene rings is 1. The second-order valence-corrected chi connectivity index (χ2v) is 5.50. The summed E-state index contributed by atoms with van der Waals surface area (Å²) in [7, 11) is 0. The Morgan fingerprint density at radius 1 is 1.32 bits per heavy atom. The minimum atomic E-state index is -0.883. The summed E-state index contributed by atoms with van der Waals surface area (Å²) in [6.07, 6.45) is 0.449. The molecule has 2 N–H and O–H groups in total. The highest BCUT2D eigenvalue weighted by molar-refractivity contribution is 5.98. The number of aliphatic carboxylic acids is 1. The Kier molecular flexibility index (Phi) is 3.60. The van der Waals surface area contributed by atoms with Gasteiger partial charge >= 0.3 is 5.97 Å². The maximum Gasteiger partial charge on any atom is 0.307 e. The molecule has 0 aliphatic heterocycles. The van der Waals surface area contributed by atoms with Crippen molar-refractivity contribution in [2.45, 2.75) is 33.1 Å². The normalized spacial score (nSPS) is 21.3. The first-order valence-corrected chi connectivity index (χ1v) is 6.54. The lowest BCUT2D eigenvalue weighted by Crippen LogP contribution is -2.17. The lowest BCUT2D eigenvalue weighted by Gasteiger charge is -2.12. The van der Waals surface area contributed by atoms with Crippen molar-refractivity contribution in [3.05, 3.63) is 29.3 Å². The third kappa shape index (κ3) is 2.95. The fourth-order valence-corrected chi connectivity index (χ4v) is 2.39. The SMILES string of the molecule is Cc1cc(NC(=O)[C@H]2C[C@@H]2C(=O)O)ccc1C(C)C. The van der Waals surface area contributed by atoms with Crippen LogP contribution in [0.5, 0.6) is 0 Å². The molecule has 1 saturated carbocycles. The molecule has 0 heterocycles. The second kappa shape index (κ2) is 5.03. The van der Waals surface area contributed by atoms with Crippen LogP contribution in [0, 0.1) is 18.8 Å².